The lowest BCUT2D eigenvalue weighted by Crippen LogP contribution is -2.29. The number of carbonyl (C=O) groups excluding carboxylic acids is 1. The second kappa shape index (κ2) is 9.02. The number of rotatable bonds is 6. The number of hydrogen-bond donors (Lipinski definition) is 2. The number of hydrazone groups is 1. The van der Waals surface area contributed by atoms with Gasteiger partial charge in [-0.25, -0.2) is 0 Å². The lowest BCUT2D eigenvalue weighted by atomic mass is 10.1. The van der Waals surface area contributed by atoms with E-state index >= 15 is 0 Å². The van der Waals surface area contributed by atoms with Crippen LogP contribution in [0, 0.1) is 0 Å². The number of amides is 1. The highest BCUT2D eigenvalue weighted by Gasteiger charge is 2.24. The predicted molar refractivity (Wildman–Crippen MR) is 137 cm³/mol. The van der Waals surface area contributed by atoms with Crippen LogP contribution < -0.4 is 15.6 Å². The third-order valence-corrected chi connectivity index (χ3v) is 6.22. The molecule has 4 aromatic rings. The van der Waals surface area contributed by atoms with E-state index in [9.17, 15) is 4.79 Å². The molecule has 1 saturated carbocycles. The van der Waals surface area contributed by atoms with E-state index in [1.54, 1.807) is 12.3 Å². The largest absolute Gasteiger partial charge is 0.321 e. The van der Waals surface area contributed by atoms with E-state index in [1.807, 2.05) is 66.9 Å². The third-order valence-electron chi connectivity index (χ3n) is 6.22. The van der Waals surface area contributed by atoms with E-state index in [-0.39, 0.29) is 5.91 Å². The average molecular weight is 461 g/mol. The molecular weight excluding hydrogens is 436 g/mol. The molecule has 6 rings (SSSR count). The van der Waals surface area contributed by atoms with Gasteiger partial charge in [0.05, 0.1) is 0 Å². The molecule has 0 spiro atoms. The zero-order valence-electron chi connectivity index (χ0n) is 19.1. The zero-order chi connectivity index (χ0) is 23.6. The smallest absolute Gasteiger partial charge is 0.274 e. The Morgan fingerprint density at radius 2 is 1.77 bits per heavy atom. The molecule has 7 heteroatoms. The molecule has 1 aliphatic heterocycles. The van der Waals surface area contributed by atoms with Crippen molar-refractivity contribution in [3.63, 3.8) is 0 Å². The summed E-state index contributed by atoms with van der Waals surface area (Å²) in [7, 11) is 0. The quantitative estimate of drug-likeness (QED) is 0.423. The van der Waals surface area contributed by atoms with Gasteiger partial charge in [0.15, 0.2) is 5.84 Å². The first kappa shape index (κ1) is 21.0. The molecule has 2 aliphatic rings. The van der Waals surface area contributed by atoms with Gasteiger partial charge in [0.1, 0.15) is 12.4 Å². The standard InChI is InChI=1S/C28H24N6O/c35-28(26-16-20(13-14-29-26)22-11-12-25(30-17-22)19-9-10-19)32-23-6-4-5-21(15-23)27-33-31-18-34(27)24-7-2-1-3-8-24/h1-8,11-17,19,31H,9-10,18H2,(H,32,35). The van der Waals surface area contributed by atoms with Crippen LogP contribution in [0.15, 0.2) is 96.4 Å². The van der Waals surface area contributed by atoms with Crippen LogP contribution in [0.5, 0.6) is 0 Å². The summed E-state index contributed by atoms with van der Waals surface area (Å²) in [6.07, 6.45) is 5.98. The molecule has 3 heterocycles. The van der Waals surface area contributed by atoms with Crippen LogP contribution in [0.3, 0.4) is 0 Å². The maximum atomic E-state index is 13.0. The number of amidine groups is 1. The first-order valence-corrected chi connectivity index (χ1v) is 11.7. The number of nitrogens with one attached hydrogen (secondary N) is 2. The van der Waals surface area contributed by atoms with Crippen molar-refractivity contribution >= 4 is 23.1 Å². The van der Waals surface area contributed by atoms with Crippen LogP contribution in [-0.4, -0.2) is 28.4 Å². The van der Waals surface area contributed by atoms with Gasteiger partial charge >= 0.3 is 0 Å². The zero-order valence-corrected chi connectivity index (χ0v) is 19.1. The van der Waals surface area contributed by atoms with Crippen molar-refractivity contribution in [2.75, 3.05) is 16.9 Å². The number of anilines is 2. The molecule has 2 N–H and O–H groups in total. The van der Waals surface area contributed by atoms with E-state index in [0.29, 0.717) is 24.0 Å². The van der Waals surface area contributed by atoms with Crippen molar-refractivity contribution in [1.29, 1.82) is 0 Å². The molecule has 0 radical (unpaired) electrons. The fourth-order valence-corrected chi connectivity index (χ4v) is 4.22. The summed E-state index contributed by atoms with van der Waals surface area (Å²) >= 11 is 0. The molecule has 35 heavy (non-hydrogen) atoms. The number of para-hydroxylation sites is 1. The van der Waals surface area contributed by atoms with Crippen molar-refractivity contribution in [2.24, 2.45) is 5.10 Å². The Morgan fingerprint density at radius 3 is 2.57 bits per heavy atom. The molecule has 0 unspecified atom stereocenters. The number of pyridine rings is 2. The molecule has 0 bridgehead atoms. The maximum absolute atomic E-state index is 13.0. The van der Waals surface area contributed by atoms with Crippen LogP contribution in [0.4, 0.5) is 11.4 Å². The van der Waals surface area contributed by atoms with Crippen molar-refractivity contribution in [2.45, 2.75) is 18.8 Å². The molecule has 0 atom stereocenters. The molecule has 1 aliphatic carbocycles. The van der Waals surface area contributed by atoms with Crippen LogP contribution in [0.1, 0.15) is 40.5 Å². The Hall–Kier alpha value is -4.52. The maximum Gasteiger partial charge on any atom is 0.274 e. The van der Waals surface area contributed by atoms with Gasteiger partial charge in [0.25, 0.3) is 5.91 Å². The lowest BCUT2D eigenvalue weighted by Gasteiger charge is -2.19. The summed E-state index contributed by atoms with van der Waals surface area (Å²) in [5.74, 6) is 1.15. The monoisotopic (exact) mass is 460 g/mol. The predicted octanol–water partition coefficient (Wildman–Crippen LogP) is 5.00. The fourth-order valence-electron chi connectivity index (χ4n) is 4.22. The summed E-state index contributed by atoms with van der Waals surface area (Å²) < 4.78 is 0. The van der Waals surface area contributed by atoms with Crippen molar-refractivity contribution in [1.82, 2.24) is 15.4 Å². The van der Waals surface area contributed by atoms with Gasteiger partial charge in [-0.05, 0) is 60.9 Å². The highest BCUT2D eigenvalue weighted by atomic mass is 16.1. The molecule has 2 aromatic carbocycles. The van der Waals surface area contributed by atoms with E-state index in [0.717, 1.165) is 33.9 Å². The number of aromatic nitrogens is 2. The van der Waals surface area contributed by atoms with Crippen LogP contribution in [0.25, 0.3) is 11.1 Å². The first-order chi connectivity index (χ1) is 17.2. The number of benzene rings is 2. The van der Waals surface area contributed by atoms with Crippen LogP contribution in [-0.2, 0) is 0 Å². The molecular formula is C28H24N6O. The van der Waals surface area contributed by atoms with Gasteiger partial charge < -0.3 is 10.2 Å². The fraction of sp³-hybridized carbons (Fsp3) is 0.143. The van der Waals surface area contributed by atoms with Gasteiger partial charge in [-0.3, -0.25) is 20.2 Å². The summed E-state index contributed by atoms with van der Waals surface area (Å²) in [4.78, 5) is 24.0. The summed E-state index contributed by atoms with van der Waals surface area (Å²) in [5, 5.41) is 7.45. The van der Waals surface area contributed by atoms with Crippen LogP contribution >= 0.6 is 0 Å². The Balaban J connectivity index is 1.20. The minimum atomic E-state index is -0.266. The Kier molecular flexibility index (Phi) is 5.42. The first-order valence-electron chi connectivity index (χ1n) is 11.7. The Labute approximate surface area is 203 Å². The summed E-state index contributed by atoms with van der Waals surface area (Å²) in [5.41, 5.74) is 9.07. The molecule has 1 fully saturated rings. The molecule has 0 saturated heterocycles. The van der Waals surface area contributed by atoms with Gasteiger partial charge in [-0.2, -0.15) is 5.10 Å². The molecule has 7 nitrogen and oxygen atoms in total. The topological polar surface area (TPSA) is 82.5 Å². The second-order valence-corrected chi connectivity index (χ2v) is 8.73. The van der Waals surface area contributed by atoms with E-state index in [4.69, 9.17) is 0 Å². The molecule has 2 aromatic heterocycles. The molecule has 1 amide bonds. The molecule has 172 valence electrons. The number of nitrogens with zero attached hydrogens (tertiary/aromatic N) is 4. The minimum absolute atomic E-state index is 0.266. The minimum Gasteiger partial charge on any atom is -0.321 e. The van der Waals surface area contributed by atoms with Crippen molar-refractivity contribution in [3.05, 3.63) is 108 Å². The Morgan fingerprint density at radius 1 is 0.886 bits per heavy atom. The van der Waals surface area contributed by atoms with Gasteiger partial charge in [-0.1, -0.05) is 36.4 Å². The summed E-state index contributed by atoms with van der Waals surface area (Å²) in [6.45, 7) is 0.586. The van der Waals surface area contributed by atoms with E-state index in [2.05, 4.69) is 42.8 Å². The second-order valence-electron chi connectivity index (χ2n) is 8.73. The third kappa shape index (κ3) is 4.48. The number of hydrogen-bond acceptors (Lipinski definition) is 6. The van der Waals surface area contributed by atoms with Gasteiger partial charge in [-0.15, -0.1) is 0 Å². The average Bonchev–Trinajstić information content (AvgIpc) is 3.65. The van der Waals surface area contributed by atoms with Gasteiger partial charge in [0, 0.05) is 46.5 Å². The Bertz CT molecular complexity index is 1400. The van der Waals surface area contributed by atoms with E-state index < -0.39 is 0 Å². The van der Waals surface area contributed by atoms with Gasteiger partial charge in [0.2, 0.25) is 0 Å². The highest BCUT2D eigenvalue weighted by Crippen LogP contribution is 2.39. The van der Waals surface area contributed by atoms with Crippen molar-refractivity contribution < 1.29 is 4.79 Å². The van der Waals surface area contributed by atoms with Crippen LogP contribution in [0.2, 0.25) is 0 Å². The highest BCUT2D eigenvalue weighted by molar-refractivity contribution is 6.11. The SMILES string of the molecule is O=C(Nc1cccc(C2=NNCN2c2ccccc2)c1)c1cc(-c2ccc(C3CC3)nc2)ccn1. The normalized spacial score (nSPS) is 14.9. The van der Waals surface area contributed by atoms with E-state index in [1.165, 1.54) is 12.8 Å². The van der Waals surface area contributed by atoms with Crippen molar-refractivity contribution in [3.8, 4) is 11.1 Å². The summed E-state index contributed by atoms with van der Waals surface area (Å²) in [6, 6.07) is 25.6. The lowest BCUT2D eigenvalue weighted by molar-refractivity contribution is 0.102. The number of carbonyl (C=O) groups is 1.